The molecule has 2 aromatic heterocycles. The van der Waals surface area contributed by atoms with Crippen LogP contribution >= 0.6 is 11.3 Å². The Labute approximate surface area is 159 Å². The van der Waals surface area contributed by atoms with Crippen LogP contribution in [-0.4, -0.2) is 44.7 Å². The van der Waals surface area contributed by atoms with Crippen LogP contribution in [0.1, 0.15) is 28.6 Å². The highest BCUT2D eigenvalue weighted by Gasteiger charge is 2.29. The molecule has 0 fully saturated rings. The van der Waals surface area contributed by atoms with Crippen LogP contribution in [0.5, 0.6) is 0 Å². The van der Waals surface area contributed by atoms with E-state index in [4.69, 9.17) is 4.74 Å². The van der Waals surface area contributed by atoms with Gasteiger partial charge in [-0.05, 0) is 53.3 Å². The Morgan fingerprint density at radius 3 is 2.93 bits per heavy atom. The van der Waals surface area contributed by atoms with Crippen LogP contribution in [0.25, 0.3) is 5.69 Å². The maximum Gasteiger partial charge on any atom is 0.351 e. The molecule has 0 radical (unpaired) electrons. The molecule has 3 aromatic rings. The first-order chi connectivity index (χ1) is 13.1. The minimum absolute atomic E-state index is 0.0598. The molecule has 0 spiro atoms. The van der Waals surface area contributed by atoms with Gasteiger partial charge in [0.05, 0.1) is 5.69 Å². The number of esters is 1. The average Bonchev–Trinajstić information content (AvgIpc) is 3.36. The number of carbonyl (C=O) groups excluding carboxylic acids is 2. The summed E-state index contributed by atoms with van der Waals surface area (Å²) in [5.74, 6) is -0.801. The number of tetrazole rings is 1. The Balaban J connectivity index is 1.47. The lowest BCUT2D eigenvalue weighted by Crippen LogP contribution is -2.44. The normalized spacial score (nSPS) is 16.0. The number of aryl methyl sites for hydroxylation is 1. The number of hydrogen-bond acceptors (Lipinski definition) is 7. The van der Waals surface area contributed by atoms with E-state index in [0.717, 1.165) is 24.1 Å². The third kappa shape index (κ3) is 3.33. The molecule has 1 amide bonds. The molecule has 1 aromatic carbocycles. The molecule has 9 heteroatoms. The number of benzene rings is 1. The van der Waals surface area contributed by atoms with Crippen molar-refractivity contribution >= 4 is 28.9 Å². The predicted molar refractivity (Wildman–Crippen MR) is 99.0 cm³/mol. The van der Waals surface area contributed by atoms with Crippen molar-refractivity contribution in [2.75, 3.05) is 11.5 Å². The van der Waals surface area contributed by atoms with Gasteiger partial charge in [0, 0.05) is 11.7 Å². The van der Waals surface area contributed by atoms with E-state index in [2.05, 4.69) is 15.5 Å². The highest BCUT2D eigenvalue weighted by Crippen LogP contribution is 2.30. The Hall–Kier alpha value is -3.07. The van der Waals surface area contributed by atoms with Gasteiger partial charge < -0.3 is 9.64 Å². The average molecular weight is 383 g/mol. The zero-order valence-corrected chi connectivity index (χ0v) is 15.4. The van der Waals surface area contributed by atoms with Gasteiger partial charge in [0.15, 0.2) is 6.61 Å². The zero-order chi connectivity index (χ0) is 18.8. The van der Waals surface area contributed by atoms with Crippen molar-refractivity contribution in [3.63, 3.8) is 0 Å². The summed E-state index contributed by atoms with van der Waals surface area (Å²) in [6.07, 6.45) is 3.22. The number of rotatable bonds is 4. The molecular weight excluding hydrogens is 366 g/mol. The second kappa shape index (κ2) is 7.28. The smallest absolute Gasteiger partial charge is 0.351 e. The number of amides is 1. The van der Waals surface area contributed by atoms with Crippen molar-refractivity contribution in [3.8, 4) is 5.69 Å². The molecule has 0 aliphatic carbocycles. The second-order valence-corrected chi connectivity index (χ2v) is 7.16. The quantitative estimate of drug-likeness (QED) is 0.642. The van der Waals surface area contributed by atoms with E-state index in [-0.39, 0.29) is 18.6 Å². The molecule has 0 bridgehead atoms. The van der Waals surface area contributed by atoms with E-state index in [1.165, 1.54) is 22.3 Å². The highest BCUT2D eigenvalue weighted by atomic mass is 32.1. The van der Waals surface area contributed by atoms with Crippen LogP contribution in [0.4, 0.5) is 5.69 Å². The first kappa shape index (κ1) is 17.3. The van der Waals surface area contributed by atoms with Gasteiger partial charge in [-0.15, -0.1) is 16.4 Å². The fraction of sp³-hybridized carbons (Fsp3) is 0.278. The standard InChI is InChI=1S/C18H17N5O3S/c1-12-6-7-13-4-2-3-5-14(13)23(12)16(24)10-26-18(25)17-15(8-9-27-17)22-11-19-20-21-22/h2-5,8-9,11-12H,6-7,10H2,1H3. The van der Waals surface area contributed by atoms with Crippen molar-refractivity contribution in [1.29, 1.82) is 0 Å². The number of fused-ring (bicyclic) bond motifs is 1. The number of para-hydroxylation sites is 1. The molecule has 4 rings (SSSR count). The van der Waals surface area contributed by atoms with Gasteiger partial charge in [0.2, 0.25) is 0 Å². The molecule has 1 aliphatic rings. The third-order valence-corrected chi connectivity index (χ3v) is 5.43. The highest BCUT2D eigenvalue weighted by molar-refractivity contribution is 7.12. The van der Waals surface area contributed by atoms with Gasteiger partial charge in [0.1, 0.15) is 11.2 Å². The van der Waals surface area contributed by atoms with E-state index in [0.29, 0.717) is 10.6 Å². The van der Waals surface area contributed by atoms with E-state index < -0.39 is 5.97 Å². The Kier molecular flexibility index (Phi) is 4.68. The van der Waals surface area contributed by atoms with E-state index in [1.807, 2.05) is 31.2 Å². The minimum atomic E-state index is -0.568. The molecule has 138 valence electrons. The Morgan fingerprint density at radius 2 is 2.11 bits per heavy atom. The zero-order valence-electron chi connectivity index (χ0n) is 14.6. The lowest BCUT2D eigenvalue weighted by atomic mass is 9.96. The van der Waals surface area contributed by atoms with Crippen molar-refractivity contribution in [2.24, 2.45) is 0 Å². The molecule has 1 unspecified atom stereocenters. The molecule has 27 heavy (non-hydrogen) atoms. The summed E-state index contributed by atoms with van der Waals surface area (Å²) in [6, 6.07) is 9.62. The third-order valence-electron chi connectivity index (χ3n) is 4.54. The van der Waals surface area contributed by atoms with E-state index >= 15 is 0 Å². The van der Waals surface area contributed by atoms with Crippen LogP contribution in [0.3, 0.4) is 0 Å². The number of carbonyl (C=O) groups is 2. The van der Waals surface area contributed by atoms with Crippen LogP contribution < -0.4 is 4.90 Å². The Morgan fingerprint density at radius 1 is 1.26 bits per heavy atom. The molecule has 0 saturated carbocycles. The van der Waals surface area contributed by atoms with Gasteiger partial charge in [-0.25, -0.2) is 4.79 Å². The number of aromatic nitrogens is 4. The summed E-state index contributed by atoms with van der Waals surface area (Å²) < 4.78 is 6.69. The first-order valence-corrected chi connectivity index (χ1v) is 9.41. The molecule has 8 nitrogen and oxygen atoms in total. The van der Waals surface area contributed by atoms with E-state index in [1.54, 1.807) is 16.3 Å². The molecule has 3 heterocycles. The summed E-state index contributed by atoms with van der Waals surface area (Å²) in [5, 5.41) is 12.7. The molecular formula is C18H17N5O3S. The molecule has 0 saturated heterocycles. The fourth-order valence-electron chi connectivity index (χ4n) is 3.24. The topological polar surface area (TPSA) is 90.2 Å². The summed E-state index contributed by atoms with van der Waals surface area (Å²) in [4.78, 5) is 27.3. The molecule has 1 atom stereocenters. The predicted octanol–water partition coefficient (Wildman–Crippen LogP) is 2.25. The number of anilines is 1. The van der Waals surface area contributed by atoms with Crippen LogP contribution in [0, 0.1) is 0 Å². The summed E-state index contributed by atoms with van der Waals surface area (Å²) in [5.41, 5.74) is 2.55. The Bertz CT molecular complexity index is 969. The fourth-order valence-corrected chi connectivity index (χ4v) is 4.01. The summed E-state index contributed by atoms with van der Waals surface area (Å²) in [7, 11) is 0. The van der Waals surface area contributed by atoms with Crippen molar-refractivity contribution in [1.82, 2.24) is 20.2 Å². The monoisotopic (exact) mass is 383 g/mol. The van der Waals surface area contributed by atoms with Gasteiger partial charge in [-0.1, -0.05) is 18.2 Å². The van der Waals surface area contributed by atoms with Crippen LogP contribution in [0.2, 0.25) is 0 Å². The van der Waals surface area contributed by atoms with Gasteiger partial charge in [0.25, 0.3) is 5.91 Å². The van der Waals surface area contributed by atoms with Crippen molar-refractivity contribution < 1.29 is 14.3 Å². The number of hydrogen-bond donors (Lipinski definition) is 0. The van der Waals surface area contributed by atoms with Gasteiger partial charge >= 0.3 is 5.97 Å². The lowest BCUT2D eigenvalue weighted by Gasteiger charge is -2.35. The molecule has 1 aliphatic heterocycles. The van der Waals surface area contributed by atoms with Gasteiger partial charge in [-0.2, -0.15) is 4.68 Å². The molecule has 0 N–H and O–H groups in total. The number of thiophene rings is 1. The lowest BCUT2D eigenvalue weighted by molar-refractivity contribution is -0.122. The van der Waals surface area contributed by atoms with Gasteiger partial charge in [-0.3, -0.25) is 4.79 Å². The maximum atomic E-state index is 12.8. The summed E-state index contributed by atoms with van der Waals surface area (Å²) >= 11 is 1.22. The SMILES string of the molecule is CC1CCc2ccccc2N1C(=O)COC(=O)c1sccc1-n1cnnn1. The van der Waals surface area contributed by atoms with Crippen LogP contribution in [-0.2, 0) is 16.0 Å². The maximum absolute atomic E-state index is 12.8. The van der Waals surface area contributed by atoms with Crippen molar-refractivity contribution in [2.45, 2.75) is 25.8 Å². The number of ether oxygens (including phenoxy) is 1. The van der Waals surface area contributed by atoms with E-state index in [9.17, 15) is 9.59 Å². The van der Waals surface area contributed by atoms with Crippen LogP contribution in [0.15, 0.2) is 42.0 Å². The first-order valence-electron chi connectivity index (χ1n) is 8.53. The minimum Gasteiger partial charge on any atom is -0.451 e. The van der Waals surface area contributed by atoms with Crippen molar-refractivity contribution in [3.05, 3.63) is 52.5 Å². The largest absolute Gasteiger partial charge is 0.451 e. The second-order valence-electron chi connectivity index (χ2n) is 6.25. The summed E-state index contributed by atoms with van der Waals surface area (Å²) in [6.45, 7) is 1.69. The number of nitrogens with zero attached hydrogens (tertiary/aromatic N) is 5.